The zero-order valence-corrected chi connectivity index (χ0v) is 16.4. The molecule has 2 aromatic carbocycles. The molecule has 0 spiro atoms. The molecule has 5 nitrogen and oxygen atoms in total. The van der Waals surface area contributed by atoms with E-state index < -0.39 is 0 Å². The van der Waals surface area contributed by atoms with Crippen LogP contribution in [0.4, 0.5) is 4.79 Å². The van der Waals surface area contributed by atoms with Gasteiger partial charge in [0, 0.05) is 26.2 Å². The lowest BCUT2D eigenvalue weighted by atomic mass is 10.0. The summed E-state index contributed by atoms with van der Waals surface area (Å²) >= 11 is 0. The molecule has 28 heavy (non-hydrogen) atoms. The molecular formula is C23H27N3O2. The van der Waals surface area contributed by atoms with Gasteiger partial charge in [0.05, 0.1) is 13.7 Å². The van der Waals surface area contributed by atoms with Gasteiger partial charge < -0.3 is 9.64 Å². The number of carbonyl (C=O) groups is 1. The molecule has 0 unspecified atom stereocenters. The van der Waals surface area contributed by atoms with Crippen molar-refractivity contribution in [2.24, 2.45) is 0 Å². The smallest absolute Gasteiger partial charge is 0.334 e. The number of urea groups is 1. The van der Waals surface area contributed by atoms with Gasteiger partial charge in [-0.2, -0.15) is 0 Å². The van der Waals surface area contributed by atoms with Crippen molar-refractivity contribution in [1.29, 1.82) is 0 Å². The molecule has 1 fully saturated rings. The van der Waals surface area contributed by atoms with Crippen molar-refractivity contribution in [2.75, 3.05) is 33.3 Å². The number of rotatable bonds is 6. The maximum atomic E-state index is 13.0. The second-order valence-corrected chi connectivity index (χ2v) is 7.38. The summed E-state index contributed by atoms with van der Waals surface area (Å²) in [4.78, 5) is 14.9. The Balaban J connectivity index is 1.36. The van der Waals surface area contributed by atoms with Gasteiger partial charge >= 0.3 is 6.03 Å². The van der Waals surface area contributed by atoms with E-state index in [9.17, 15) is 4.79 Å². The normalized spacial score (nSPS) is 17.8. The Hall–Kier alpha value is -2.79. The van der Waals surface area contributed by atoms with Gasteiger partial charge in [-0.15, -0.1) is 0 Å². The molecule has 0 atom stereocenters. The molecule has 0 aromatic heterocycles. The van der Waals surface area contributed by atoms with Gasteiger partial charge in [0.15, 0.2) is 0 Å². The van der Waals surface area contributed by atoms with E-state index in [0.717, 1.165) is 50.3 Å². The van der Waals surface area contributed by atoms with E-state index in [2.05, 4.69) is 35.4 Å². The molecule has 146 valence electrons. The highest BCUT2D eigenvalue weighted by atomic mass is 16.5. The Labute approximate surface area is 166 Å². The van der Waals surface area contributed by atoms with E-state index in [1.54, 1.807) is 7.11 Å². The summed E-state index contributed by atoms with van der Waals surface area (Å²) in [5.41, 5.74) is 3.84. The van der Waals surface area contributed by atoms with Gasteiger partial charge in [0.1, 0.15) is 5.75 Å². The van der Waals surface area contributed by atoms with Crippen LogP contribution in [0.5, 0.6) is 5.75 Å². The first-order valence-corrected chi connectivity index (χ1v) is 9.89. The molecule has 4 rings (SSSR count). The number of hydrazine groups is 1. The van der Waals surface area contributed by atoms with Crippen LogP contribution in [0, 0.1) is 0 Å². The summed E-state index contributed by atoms with van der Waals surface area (Å²) in [6.07, 6.45) is 4.28. The van der Waals surface area contributed by atoms with E-state index in [0.29, 0.717) is 6.54 Å². The maximum absolute atomic E-state index is 13.0. The van der Waals surface area contributed by atoms with Crippen LogP contribution < -0.4 is 4.74 Å². The minimum atomic E-state index is 0.108. The summed E-state index contributed by atoms with van der Waals surface area (Å²) in [5, 5.41) is 4.15. The second-order valence-electron chi connectivity index (χ2n) is 7.38. The lowest BCUT2D eigenvalue weighted by Gasteiger charge is -2.34. The quantitative estimate of drug-likeness (QED) is 0.720. The van der Waals surface area contributed by atoms with Crippen LogP contribution >= 0.6 is 0 Å². The van der Waals surface area contributed by atoms with E-state index in [1.807, 2.05) is 40.2 Å². The first kappa shape index (κ1) is 18.6. The highest BCUT2D eigenvalue weighted by Gasteiger charge is 2.33. The standard InChI is InChI=1S/C23H27N3O2/c1-28-22-11-9-20(10-12-22)17-24-14-15-26(23(24)27)25-13-5-8-21(18-25)16-19-6-3-2-4-7-19/h2-4,6-12H,5,13-18H2,1H3. The summed E-state index contributed by atoms with van der Waals surface area (Å²) < 4.78 is 5.21. The average molecular weight is 377 g/mol. The average Bonchev–Trinajstić information content (AvgIpc) is 3.10. The molecule has 2 heterocycles. The number of carbonyl (C=O) groups excluding carboxylic acids is 1. The number of nitrogens with zero attached hydrogens (tertiary/aromatic N) is 3. The van der Waals surface area contributed by atoms with E-state index in [4.69, 9.17) is 4.74 Å². The summed E-state index contributed by atoms with van der Waals surface area (Å²) in [6.45, 7) is 3.89. The SMILES string of the molecule is COc1ccc(CN2CCN(N3CCC=C(Cc4ccccc4)C3)C2=O)cc1. The van der Waals surface area contributed by atoms with Crippen molar-refractivity contribution >= 4 is 6.03 Å². The van der Waals surface area contributed by atoms with Gasteiger partial charge in [-0.1, -0.05) is 54.1 Å². The number of ether oxygens (including phenoxy) is 1. The molecule has 2 aliphatic heterocycles. The van der Waals surface area contributed by atoms with E-state index in [-0.39, 0.29) is 6.03 Å². The maximum Gasteiger partial charge on any atom is 0.334 e. The molecule has 5 heteroatoms. The molecule has 0 radical (unpaired) electrons. The van der Waals surface area contributed by atoms with Crippen molar-refractivity contribution in [1.82, 2.24) is 14.9 Å². The molecule has 0 bridgehead atoms. The van der Waals surface area contributed by atoms with Crippen LogP contribution in [0.15, 0.2) is 66.2 Å². The number of methoxy groups -OCH3 is 1. The Bertz CT molecular complexity index is 833. The highest BCUT2D eigenvalue weighted by Crippen LogP contribution is 2.22. The fourth-order valence-electron chi connectivity index (χ4n) is 3.92. The van der Waals surface area contributed by atoms with Crippen LogP contribution in [-0.4, -0.2) is 54.2 Å². The van der Waals surface area contributed by atoms with Crippen LogP contribution in [0.2, 0.25) is 0 Å². The van der Waals surface area contributed by atoms with Crippen LogP contribution in [-0.2, 0) is 13.0 Å². The van der Waals surface area contributed by atoms with Crippen LogP contribution in [0.25, 0.3) is 0 Å². The first-order chi connectivity index (χ1) is 13.7. The lowest BCUT2D eigenvalue weighted by Crippen LogP contribution is -2.47. The Morgan fingerprint density at radius 3 is 2.46 bits per heavy atom. The molecule has 2 aliphatic rings. The zero-order chi connectivity index (χ0) is 19.3. The van der Waals surface area contributed by atoms with Crippen molar-refractivity contribution in [3.05, 3.63) is 77.4 Å². The lowest BCUT2D eigenvalue weighted by molar-refractivity contribution is 0.0340. The van der Waals surface area contributed by atoms with Crippen molar-refractivity contribution in [3.8, 4) is 5.75 Å². The predicted molar refractivity (Wildman–Crippen MR) is 110 cm³/mol. The topological polar surface area (TPSA) is 36.0 Å². The fraction of sp³-hybridized carbons (Fsp3) is 0.348. The third-order valence-electron chi connectivity index (χ3n) is 5.43. The monoisotopic (exact) mass is 377 g/mol. The van der Waals surface area contributed by atoms with E-state index >= 15 is 0 Å². The molecule has 0 aliphatic carbocycles. The predicted octanol–water partition coefficient (Wildman–Crippen LogP) is 3.72. The number of benzene rings is 2. The van der Waals surface area contributed by atoms with Gasteiger partial charge in [0.2, 0.25) is 0 Å². The zero-order valence-electron chi connectivity index (χ0n) is 16.4. The molecule has 0 N–H and O–H groups in total. The molecule has 0 saturated carbocycles. The summed E-state index contributed by atoms with van der Waals surface area (Å²) in [5.74, 6) is 0.837. The van der Waals surface area contributed by atoms with Crippen molar-refractivity contribution in [3.63, 3.8) is 0 Å². The minimum Gasteiger partial charge on any atom is -0.497 e. The molecule has 2 aromatic rings. The molecule has 1 saturated heterocycles. The van der Waals surface area contributed by atoms with Crippen LogP contribution in [0.3, 0.4) is 0 Å². The van der Waals surface area contributed by atoms with Gasteiger partial charge in [-0.3, -0.25) is 5.01 Å². The Kier molecular flexibility index (Phi) is 5.63. The van der Waals surface area contributed by atoms with Gasteiger partial charge in [-0.25, -0.2) is 9.80 Å². The fourth-order valence-corrected chi connectivity index (χ4v) is 3.92. The van der Waals surface area contributed by atoms with Gasteiger partial charge in [0.25, 0.3) is 0 Å². The van der Waals surface area contributed by atoms with Crippen LogP contribution in [0.1, 0.15) is 17.5 Å². The first-order valence-electron chi connectivity index (χ1n) is 9.89. The molecule has 2 amide bonds. The van der Waals surface area contributed by atoms with Crippen molar-refractivity contribution in [2.45, 2.75) is 19.4 Å². The highest BCUT2D eigenvalue weighted by molar-refractivity contribution is 5.76. The Morgan fingerprint density at radius 1 is 0.929 bits per heavy atom. The number of amides is 2. The minimum absolute atomic E-state index is 0.108. The summed E-state index contributed by atoms with van der Waals surface area (Å²) in [6, 6.07) is 18.6. The largest absolute Gasteiger partial charge is 0.497 e. The second kappa shape index (κ2) is 8.48. The van der Waals surface area contributed by atoms with Gasteiger partial charge in [-0.05, 0) is 36.1 Å². The third kappa shape index (κ3) is 4.20. The molecular weight excluding hydrogens is 350 g/mol. The third-order valence-corrected chi connectivity index (χ3v) is 5.43. The van der Waals surface area contributed by atoms with E-state index in [1.165, 1.54) is 11.1 Å². The number of hydrogen-bond acceptors (Lipinski definition) is 3. The Morgan fingerprint density at radius 2 is 1.71 bits per heavy atom. The number of hydrogen-bond donors (Lipinski definition) is 0. The van der Waals surface area contributed by atoms with Crippen molar-refractivity contribution < 1.29 is 9.53 Å². The summed E-state index contributed by atoms with van der Waals surface area (Å²) in [7, 11) is 1.66.